The highest BCUT2D eigenvalue weighted by atomic mass is 79.9. The minimum atomic E-state index is -0.645. The highest BCUT2D eigenvalue weighted by molar-refractivity contribution is 9.10. The maximum Gasteiger partial charge on any atom is 0.338 e. The Morgan fingerprint density at radius 3 is 2.52 bits per heavy atom. The van der Waals surface area contributed by atoms with E-state index in [1.807, 2.05) is 13.0 Å². The van der Waals surface area contributed by atoms with Gasteiger partial charge in [0.1, 0.15) is 0 Å². The molecule has 2 aromatic carbocycles. The van der Waals surface area contributed by atoms with Crippen LogP contribution >= 0.6 is 15.9 Å². The van der Waals surface area contributed by atoms with Gasteiger partial charge < -0.3 is 15.4 Å². The number of rotatable bonds is 6. The van der Waals surface area contributed by atoms with Gasteiger partial charge in [0.2, 0.25) is 5.91 Å². The van der Waals surface area contributed by atoms with Gasteiger partial charge in [-0.2, -0.15) is 0 Å². The number of urea groups is 1. The van der Waals surface area contributed by atoms with Crippen LogP contribution in [-0.2, 0) is 20.9 Å². The smallest absolute Gasteiger partial charge is 0.338 e. The molecule has 29 heavy (non-hydrogen) atoms. The van der Waals surface area contributed by atoms with Gasteiger partial charge in [-0.15, -0.1) is 0 Å². The van der Waals surface area contributed by atoms with E-state index in [-0.39, 0.29) is 24.6 Å². The Morgan fingerprint density at radius 2 is 1.90 bits per heavy atom. The van der Waals surface area contributed by atoms with Crippen molar-refractivity contribution in [2.75, 3.05) is 18.5 Å². The molecule has 2 N–H and O–H groups in total. The summed E-state index contributed by atoms with van der Waals surface area (Å²) in [6.45, 7) is 1.59. The van der Waals surface area contributed by atoms with Gasteiger partial charge in [-0.1, -0.05) is 28.1 Å². The van der Waals surface area contributed by atoms with Crippen LogP contribution in [0.25, 0.3) is 0 Å². The third-order valence-corrected chi connectivity index (χ3v) is 5.13. The maximum absolute atomic E-state index is 12.1. The number of hydrogen-bond donors (Lipinski definition) is 2. The van der Waals surface area contributed by atoms with E-state index in [4.69, 9.17) is 4.74 Å². The van der Waals surface area contributed by atoms with E-state index in [1.165, 1.54) is 12.1 Å². The van der Waals surface area contributed by atoms with Crippen LogP contribution in [0.2, 0.25) is 0 Å². The molecule has 0 atom stereocenters. The van der Waals surface area contributed by atoms with Crippen molar-refractivity contribution in [3.05, 3.63) is 63.6 Å². The molecule has 3 rings (SSSR count). The number of aryl methyl sites for hydroxylation is 1. The number of carbonyl (C=O) groups is 4. The fraction of sp³-hybridized carbons (Fsp3) is 0.200. The average Bonchev–Trinajstić information content (AvgIpc) is 3.01. The summed E-state index contributed by atoms with van der Waals surface area (Å²) in [7, 11) is 0. The van der Waals surface area contributed by atoms with Crippen LogP contribution < -0.4 is 10.6 Å². The number of nitrogens with one attached hydrogen (secondary N) is 2. The molecule has 0 radical (unpaired) electrons. The Bertz CT molecular complexity index is 959. The van der Waals surface area contributed by atoms with Gasteiger partial charge in [-0.3, -0.25) is 14.5 Å². The zero-order valence-electron chi connectivity index (χ0n) is 15.5. The molecular formula is C20H18BrN3O5. The summed E-state index contributed by atoms with van der Waals surface area (Å²) in [6, 6.07) is 11.2. The lowest BCUT2D eigenvalue weighted by atomic mass is 10.1. The molecule has 0 spiro atoms. The second-order valence-corrected chi connectivity index (χ2v) is 7.28. The molecule has 2 aromatic rings. The summed E-state index contributed by atoms with van der Waals surface area (Å²) in [5.41, 5.74) is 2.53. The molecule has 4 amide bonds. The standard InChI is InChI=1S/C20H18BrN3O5/c1-12-8-15(6-7-16(12)21)23-17(25)11-29-19(27)14-4-2-13(3-5-14)10-24-18(26)9-22-20(24)28/h2-8H,9-11H2,1H3,(H,22,28)(H,23,25). The SMILES string of the molecule is Cc1cc(NC(=O)COC(=O)c2ccc(CN3C(=O)CNC3=O)cc2)ccc1Br. The molecule has 0 aromatic heterocycles. The minimum absolute atomic E-state index is 0.00880. The summed E-state index contributed by atoms with van der Waals surface area (Å²) in [5, 5.41) is 5.11. The van der Waals surface area contributed by atoms with Gasteiger partial charge in [-0.05, 0) is 48.4 Å². The lowest BCUT2D eigenvalue weighted by molar-refractivity contribution is -0.125. The summed E-state index contributed by atoms with van der Waals surface area (Å²) in [6.07, 6.45) is 0. The summed E-state index contributed by atoms with van der Waals surface area (Å²) in [4.78, 5) is 48.4. The van der Waals surface area contributed by atoms with Gasteiger partial charge in [0.05, 0.1) is 18.7 Å². The Morgan fingerprint density at radius 1 is 1.17 bits per heavy atom. The average molecular weight is 460 g/mol. The molecule has 9 heteroatoms. The molecular weight excluding hydrogens is 442 g/mol. The quantitative estimate of drug-likeness (QED) is 0.510. The van der Waals surface area contributed by atoms with Crippen molar-refractivity contribution in [2.45, 2.75) is 13.5 Å². The van der Waals surface area contributed by atoms with E-state index in [9.17, 15) is 19.2 Å². The van der Waals surface area contributed by atoms with Crippen molar-refractivity contribution in [2.24, 2.45) is 0 Å². The van der Waals surface area contributed by atoms with Crippen molar-refractivity contribution in [3.63, 3.8) is 0 Å². The number of benzene rings is 2. The number of halogens is 1. The van der Waals surface area contributed by atoms with Crippen molar-refractivity contribution in [3.8, 4) is 0 Å². The number of amides is 4. The van der Waals surface area contributed by atoms with E-state index >= 15 is 0 Å². The van der Waals surface area contributed by atoms with Crippen molar-refractivity contribution >= 4 is 45.4 Å². The highest BCUT2D eigenvalue weighted by Gasteiger charge is 2.28. The normalized spacial score (nSPS) is 13.2. The van der Waals surface area contributed by atoms with Crippen LogP contribution in [-0.4, -0.2) is 41.9 Å². The molecule has 1 heterocycles. The van der Waals surface area contributed by atoms with Gasteiger partial charge >= 0.3 is 12.0 Å². The second-order valence-electron chi connectivity index (χ2n) is 6.42. The monoisotopic (exact) mass is 459 g/mol. The molecule has 1 saturated heterocycles. The van der Waals surface area contributed by atoms with Crippen LogP contribution in [0.15, 0.2) is 46.9 Å². The first kappa shape index (κ1) is 20.5. The van der Waals surface area contributed by atoms with Gasteiger partial charge in [0.25, 0.3) is 5.91 Å². The zero-order chi connectivity index (χ0) is 21.0. The predicted molar refractivity (Wildman–Crippen MR) is 108 cm³/mol. The van der Waals surface area contributed by atoms with Gasteiger partial charge in [-0.25, -0.2) is 9.59 Å². The Kier molecular flexibility index (Phi) is 6.28. The Hall–Kier alpha value is -3.20. The van der Waals surface area contributed by atoms with E-state index in [0.29, 0.717) is 11.3 Å². The van der Waals surface area contributed by atoms with Gasteiger partial charge in [0, 0.05) is 10.2 Å². The second kappa shape index (κ2) is 8.87. The maximum atomic E-state index is 12.1. The van der Waals surface area contributed by atoms with Crippen molar-refractivity contribution in [1.82, 2.24) is 10.2 Å². The first-order valence-corrected chi connectivity index (χ1v) is 9.53. The first-order valence-electron chi connectivity index (χ1n) is 8.74. The number of nitrogens with zero attached hydrogens (tertiary/aromatic N) is 1. The minimum Gasteiger partial charge on any atom is -0.452 e. The molecule has 1 aliphatic rings. The Labute approximate surface area is 175 Å². The van der Waals surface area contributed by atoms with Crippen LogP contribution in [0.4, 0.5) is 10.5 Å². The van der Waals surface area contributed by atoms with Crippen LogP contribution in [0.5, 0.6) is 0 Å². The van der Waals surface area contributed by atoms with E-state index in [1.54, 1.807) is 24.3 Å². The first-order chi connectivity index (χ1) is 13.8. The molecule has 0 saturated carbocycles. The number of carbonyl (C=O) groups excluding carboxylic acids is 4. The van der Waals surface area contributed by atoms with E-state index in [2.05, 4.69) is 26.6 Å². The number of anilines is 1. The summed E-state index contributed by atoms with van der Waals surface area (Å²) in [5.74, 6) is -1.39. The third-order valence-electron chi connectivity index (χ3n) is 4.24. The molecule has 1 fully saturated rings. The topological polar surface area (TPSA) is 105 Å². The lowest BCUT2D eigenvalue weighted by Crippen LogP contribution is -2.30. The fourth-order valence-electron chi connectivity index (χ4n) is 2.68. The molecule has 150 valence electrons. The molecule has 1 aliphatic heterocycles. The van der Waals surface area contributed by atoms with Crippen molar-refractivity contribution < 1.29 is 23.9 Å². The predicted octanol–water partition coefficient (Wildman–Crippen LogP) is 2.60. The molecule has 8 nitrogen and oxygen atoms in total. The number of esters is 1. The van der Waals surface area contributed by atoms with Gasteiger partial charge in [0.15, 0.2) is 6.61 Å². The van der Waals surface area contributed by atoms with E-state index < -0.39 is 24.5 Å². The number of ether oxygens (including phenoxy) is 1. The Balaban J connectivity index is 1.51. The number of hydrogen-bond acceptors (Lipinski definition) is 5. The molecule has 0 aliphatic carbocycles. The van der Waals surface area contributed by atoms with Crippen molar-refractivity contribution in [1.29, 1.82) is 0 Å². The number of imide groups is 1. The fourth-order valence-corrected chi connectivity index (χ4v) is 2.92. The van der Waals surface area contributed by atoms with Crippen LogP contribution in [0.1, 0.15) is 21.5 Å². The highest BCUT2D eigenvalue weighted by Crippen LogP contribution is 2.20. The molecule has 0 bridgehead atoms. The third kappa shape index (κ3) is 5.20. The molecule has 0 unspecified atom stereocenters. The lowest BCUT2D eigenvalue weighted by Gasteiger charge is -2.12. The summed E-state index contributed by atoms with van der Waals surface area (Å²) >= 11 is 3.39. The zero-order valence-corrected chi connectivity index (χ0v) is 17.1. The van der Waals surface area contributed by atoms with Crippen LogP contribution in [0, 0.1) is 6.92 Å². The largest absolute Gasteiger partial charge is 0.452 e. The summed E-state index contributed by atoms with van der Waals surface area (Å²) < 4.78 is 5.97. The van der Waals surface area contributed by atoms with E-state index in [0.717, 1.165) is 14.9 Å². The van der Waals surface area contributed by atoms with Crippen LogP contribution in [0.3, 0.4) is 0 Å².